The molecule has 2 N–H and O–H groups in total. The summed E-state index contributed by atoms with van der Waals surface area (Å²) in [5, 5.41) is 11.7. The summed E-state index contributed by atoms with van der Waals surface area (Å²) in [6, 6.07) is 4.33. The third-order valence-corrected chi connectivity index (χ3v) is 2.57. The lowest BCUT2D eigenvalue weighted by Crippen LogP contribution is -2.22. The van der Waals surface area contributed by atoms with E-state index in [-0.39, 0.29) is 18.2 Å². The molecular formula is C13H18FNO3. The molecule has 1 aromatic carbocycles. The molecule has 0 radical (unpaired) electrons. The first-order chi connectivity index (χ1) is 8.52. The summed E-state index contributed by atoms with van der Waals surface area (Å²) in [6.07, 6.45) is 0.118. The monoisotopic (exact) mass is 255 g/mol. The third-order valence-electron chi connectivity index (χ3n) is 2.57. The van der Waals surface area contributed by atoms with Crippen molar-refractivity contribution in [1.82, 2.24) is 5.32 Å². The first kappa shape index (κ1) is 14.4. The van der Waals surface area contributed by atoms with Crippen molar-refractivity contribution < 1.29 is 19.0 Å². The molecule has 5 heteroatoms. The SMILES string of the molecule is COc1ccc(F)cc1CNCC(C)CC(=O)O. The third kappa shape index (κ3) is 4.71. The van der Waals surface area contributed by atoms with Crippen LogP contribution >= 0.6 is 0 Å². The fourth-order valence-electron chi connectivity index (χ4n) is 1.71. The number of methoxy groups -OCH3 is 1. The molecule has 1 rings (SSSR count). The molecule has 100 valence electrons. The van der Waals surface area contributed by atoms with E-state index < -0.39 is 5.97 Å². The first-order valence-corrected chi connectivity index (χ1v) is 5.78. The molecule has 1 unspecified atom stereocenters. The second kappa shape index (κ2) is 6.96. The van der Waals surface area contributed by atoms with Gasteiger partial charge in [-0.05, 0) is 30.7 Å². The largest absolute Gasteiger partial charge is 0.496 e. The normalized spacial score (nSPS) is 12.2. The van der Waals surface area contributed by atoms with Crippen molar-refractivity contribution in [1.29, 1.82) is 0 Å². The van der Waals surface area contributed by atoms with Crippen LogP contribution in [0.1, 0.15) is 18.9 Å². The molecule has 0 aliphatic heterocycles. The van der Waals surface area contributed by atoms with Crippen molar-refractivity contribution in [3.05, 3.63) is 29.6 Å². The van der Waals surface area contributed by atoms with E-state index in [9.17, 15) is 9.18 Å². The first-order valence-electron chi connectivity index (χ1n) is 5.78. The molecule has 0 saturated carbocycles. The van der Waals surface area contributed by atoms with Gasteiger partial charge in [0.1, 0.15) is 11.6 Å². The lowest BCUT2D eigenvalue weighted by Gasteiger charge is -2.12. The van der Waals surface area contributed by atoms with Crippen LogP contribution in [-0.2, 0) is 11.3 Å². The quantitative estimate of drug-likeness (QED) is 0.782. The Labute approximate surface area is 106 Å². The van der Waals surface area contributed by atoms with E-state index in [0.29, 0.717) is 18.8 Å². The zero-order valence-electron chi connectivity index (χ0n) is 10.6. The molecule has 0 bridgehead atoms. The number of ether oxygens (including phenoxy) is 1. The highest BCUT2D eigenvalue weighted by Gasteiger charge is 2.08. The topological polar surface area (TPSA) is 58.6 Å². The highest BCUT2D eigenvalue weighted by molar-refractivity contribution is 5.66. The van der Waals surface area contributed by atoms with Crippen LogP contribution in [0, 0.1) is 11.7 Å². The Hall–Kier alpha value is -1.62. The van der Waals surface area contributed by atoms with Gasteiger partial charge in [0.25, 0.3) is 0 Å². The number of aliphatic carboxylic acids is 1. The summed E-state index contributed by atoms with van der Waals surface area (Å²) in [5.74, 6) is -0.476. The predicted octanol–water partition coefficient (Wildman–Crippen LogP) is 2.03. The van der Waals surface area contributed by atoms with Crippen molar-refractivity contribution in [3.63, 3.8) is 0 Å². The Bertz CT molecular complexity index is 409. The summed E-state index contributed by atoms with van der Waals surface area (Å²) >= 11 is 0. The summed E-state index contributed by atoms with van der Waals surface area (Å²) in [7, 11) is 1.53. The van der Waals surface area contributed by atoms with Crippen LogP contribution in [0.5, 0.6) is 5.75 Å². The number of carboxylic acid groups (broad SMARTS) is 1. The maximum atomic E-state index is 13.1. The second-order valence-corrected chi connectivity index (χ2v) is 4.29. The minimum Gasteiger partial charge on any atom is -0.496 e. The van der Waals surface area contributed by atoms with Crippen molar-refractivity contribution in [3.8, 4) is 5.75 Å². The van der Waals surface area contributed by atoms with Crippen LogP contribution in [0.25, 0.3) is 0 Å². The van der Waals surface area contributed by atoms with Crippen LogP contribution in [-0.4, -0.2) is 24.7 Å². The minimum atomic E-state index is -0.812. The fourth-order valence-corrected chi connectivity index (χ4v) is 1.71. The van der Waals surface area contributed by atoms with Gasteiger partial charge in [0.15, 0.2) is 0 Å². The minimum absolute atomic E-state index is 0.0297. The molecule has 0 saturated heterocycles. The standard InChI is InChI=1S/C13H18FNO3/c1-9(5-13(16)17)7-15-8-10-6-11(14)3-4-12(10)18-2/h3-4,6,9,15H,5,7-8H2,1-2H3,(H,16,17). The van der Waals surface area contributed by atoms with Crippen molar-refractivity contribution in [2.24, 2.45) is 5.92 Å². The second-order valence-electron chi connectivity index (χ2n) is 4.29. The highest BCUT2D eigenvalue weighted by Crippen LogP contribution is 2.19. The van der Waals surface area contributed by atoms with Gasteiger partial charge >= 0.3 is 5.97 Å². The number of benzene rings is 1. The number of halogens is 1. The highest BCUT2D eigenvalue weighted by atomic mass is 19.1. The van der Waals surface area contributed by atoms with E-state index in [1.54, 1.807) is 6.07 Å². The average molecular weight is 255 g/mol. The molecule has 18 heavy (non-hydrogen) atoms. The molecule has 4 nitrogen and oxygen atoms in total. The molecule has 1 aromatic rings. The molecular weight excluding hydrogens is 237 g/mol. The van der Waals surface area contributed by atoms with E-state index >= 15 is 0 Å². The van der Waals surface area contributed by atoms with E-state index in [2.05, 4.69) is 5.32 Å². The Kier molecular flexibility index (Phi) is 5.58. The van der Waals surface area contributed by atoms with Crippen molar-refractivity contribution in [2.45, 2.75) is 19.9 Å². The Morgan fingerprint density at radius 1 is 1.56 bits per heavy atom. The molecule has 0 aliphatic rings. The number of hydrogen-bond donors (Lipinski definition) is 2. The molecule has 0 heterocycles. The van der Waals surface area contributed by atoms with E-state index in [1.807, 2.05) is 6.92 Å². The zero-order chi connectivity index (χ0) is 13.5. The maximum Gasteiger partial charge on any atom is 0.303 e. The molecule has 0 amide bonds. The molecule has 0 aliphatic carbocycles. The number of carbonyl (C=O) groups is 1. The summed E-state index contributed by atoms with van der Waals surface area (Å²) < 4.78 is 18.2. The molecule has 0 aromatic heterocycles. The van der Waals surface area contributed by atoms with Gasteiger partial charge in [-0.2, -0.15) is 0 Å². The lowest BCUT2D eigenvalue weighted by atomic mass is 10.1. The van der Waals surface area contributed by atoms with Crippen LogP contribution in [0.3, 0.4) is 0 Å². The van der Waals surface area contributed by atoms with Crippen molar-refractivity contribution in [2.75, 3.05) is 13.7 Å². The number of carboxylic acids is 1. The van der Waals surface area contributed by atoms with Crippen LogP contribution in [0.2, 0.25) is 0 Å². The van der Waals surface area contributed by atoms with Gasteiger partial charge in [0.05, 0.1) is 7.11 Å². The summed E-state index contributed by atoms with van der Waals surface area (Å²) in [6.45, 7) is 2.86. The van der Waals surface area contributed by atoms with Gasteiger partial charge in [-0.25, -0.2) is 4.39 Å². The average Bonchev–Trinajstić information content (AvgIpc) is 2.28. The Morgan fingerprint density at radius 2 is 2.28 bits per heavy atom. The molecule has 0 spiro atoms. The smallest absolute Gasteiger partial charge is 0.303 e. The Balaban J connectivity index is 2.48. The Morgan fingerprint density at radius 3 is 2.89 bits per heavy atom. The summed E-state index contributed by atoms with van der Waals surface area (Å²) in [5.41, 5.74) is 0.722. The predicted molar refractivity (Wildman–Crippen MR) is 66.1 cm³/mol. The van der Waals surface area contributed by atoms with Gasteiger partial charge < -0.3 is 15.2 Å². The lowest BCUT2D eigenvalue weighted by molar-refractivity contribution is -0.137. The fraction of sp³-hybridized carbons (Fsp3) is 0.462. The van der Waals surface area contributed by atoms with Crippen LogP contribution in [0.15, 0.2) is 18.2 Å². The van der Waals surface area contributed by atoms with Crippen LogP contribution < -0.4 is 10.1 Å². The van der Waals surface area contributed by atoms with Gasteiger partial charge in [-0.3, -0.25) is 4.79 Å². The van der Waals surface area contributed by atoms with Crippen LogP contribution in [0.4, 0.5) is 4.39 Å². The van der Waals surface area contributed by atoms with Gasteiger partial charge in [-0.15, -0.1) is 0 Å². The van der Waals surface area contributed by atoms with E-state index in [1.165, 1.54) is 19.2 Å². The zero-order valence-corrected chi connectivity index (χ0v) is 10.6. The van der Waals surface area contributed by atoms with Gasteiger partial charge in [-0.1, -0.05) is 6.92 Å². The van der Waals surface area contributed by atoms with Gasteiger partial charge in [0, 0.05) is 18.5 Å². The number of nitrogens with one attached hydrogen (secondary N) is 1. The molecule has 1 atom stereocenters. The van der Waals surface area contributed by atoms with Gasteiger partial charge in [0.2, 0.25) is 0 Å². The van der Waals surface area contributed by atoms with Crippen molar-refractivity contribution >= 4 is 5.97 Å². The number of hydrogen-bond acceptors (Lipinski definition) is 3. The number of rotatable bonds is 7. The summed E-state index contributed by atoms with van der Waals surface area (Å²) in [4.78, 5) is 10.5. The molecule has 0 fully saturated rings. The van der Waals surface area contributed by atoms with E-state index in [4.69, 9.17) is 9.84 Å². The maximum absolute atomic E-state index is 13.1. The van der Waals surface area contributed by atoms with E-state index in [0.717, 1.165) is 5.56 Å².